The third-order valence-electron chi connectivity index (χ3n) is 3.56. The first-order valence-corrected chi connectivity index (χ1v) is 6.08. The summed E-state index contributed by atoms with van der Waals surface area (Å²) in [6.45, 7) is 0.818. The topological polar surface area (TPSA) is 22.0 Å². The standard InChI is InChI=1S/C15H15NO/c17-15-8-4-7-14-10-9-13(11-16(14)15)12-5-2-1-3-6-12/h1-8,13H,9-11H2. The third kappa shape index (κ3) is 1.91. The Morgan fingerprint density at radius 1 is 1.00 bits per heavy atom. The molecule has 2 heterocycles. The van der Waals surface area contributed by atoms with Gasteiger partial charge in [-0.3, -0.25) is 4.79 Å². The molecular weight excluding hydrogens is 210 g/mol. The molecule has 1 aliphatic heterocycles. The Labute approximate surface area is 101 Å². The highest BCUT2D eigenvalue weighted by Gasteiger charge is 2.19. The van der Waals surface area contributed by atoms with E-state index in [0.29, 0.717) is 5.92 Å². The molecule has 0 saturated heterocycles. The summed E-state index contributed by atoms with van der Waals surface area (Å²) in [6, 6.07) is 16.0. The fourth-order valence-electron chi connectivity index (χ4n) is 2.62. The number of hydrogen-bond donors (Lipinski definition) is 0. The molecule has 2 heteroatoms. The van der Waals surface area contributed by atoms with Gasteiger partial charge in [-0.1, -0.05) is 36.4 Å². The molecule has 17 heavy (non-hydrogen) atoms. The van der Waals surface area contributed by atoms with E-state index < -0.39 is 0 Å². The summed E-state index contributed by atoms with van der Waals surface area (Å²) in [5.41, 5.74) is 2.64. The maximum atomic E-state index is 11.8. The van der Waals surface area contributed by atoms with Crippen LogP contribution in [0.2, 0.25) is 0 Å². The van der Waals surface area contributed by atoms with Crippen LogP contribution in [0.25, 0.3) is 0 Å². The van der Waals surface area contributed by atoms with E-state index in [2.05, 4.69) is 30.3 Å². The lowest BCUT2D eigenvalue weighted by atomic mass is 9.90. The summed E-state index contributed by atoms with van der Waals surface area (Å²) in [5.74, 6) is 0.476. The van der Waals surface area contributed by atoms with Crippen LogP contribution in [-0.4, -0.2) is 4.57 Å². The van der Waals surface area contributed by atoms with Crippen molar-refractivity contribution in [3.05, 3.63) is 70.1 Å². The van der Waals surface area contributed by atoms with Gasteiger partial charge in [0.05, 0.1) is 0 Å². The zero-order valence-electron chi connectivity index (χ0n) is 9.67. The number of rotatable bonds is 1. The highest BCUT2D eigenvalue weighted by Crippen LogP contribution is 2.27. The van der Waals surface area contributed by atoms with E-state index in [4.69, 9.17) is 0 Å². The SMILES string of the molecule is O=c1cccc2n1CC(c1ccccc1)CC2. The molecule has 0 N–H and O–H groups in total. The molecular formula is C15H15NO. The van der Waals surface area contributed by atoms with Gasteiger partial charge in [0.2, 0.25) is 0 Å². The average molecular weight is 225 g/mol. The number of aryl methyl sites for hydroxylation is 1. The predicted octanol–water partition coefficient (Wildman–Crippen LogP) is 2.58. The van der Waals surface area contributed by atoms with Crippen molar-refractivity contribution in [3.63, 3.8) is 0 Å². The van der Waals surface area contributed by atoms with E-state index in [0.717, 1.165) is 19.4 Å². The maximum absolute atomic E-state index is 11.8. The summed E-state index contributed by atoms with van der Waals surface area (Å²) < 4.78 is 1.92. The minimum atomic E-state index is 0.128. The Hall–Kier alpha value is -1.83. The van der Waals surface area contributed by atoms with Gasteiger partial charge in [-0.05, 0) is 24.5 Å². The number of pyridine rings is 1. The molecule has 86 valence electrons. The molecule has 0 aliphatic carbocycles. The molecule has 1 aliphatic rings. The van der Waals surface area contributed by atoms with Crippen molar-refractivity contribution in [2.24, 2.45) is 0 Å². The lowest BCUT2D eigenvalue weighted by Gasteiger charge is -2.26. The van der Waals surface area contributed by atoms with Gasteiger partial charge in [0.15, 0.2) is 0 Å². The van der Waals surface area contributed by atoms with Gasteiger partial charge >= 0.3 is 0 Å². The van der Waals surface area contributed by atoms with Crippen molar-refractivity contribution in [1.82, 2.24) is 4.57 Å². The van der Waals surface area contributed by atoms with Crippen molar-refractivity contribution in [2.75, 3.05) is 0 Å². The van der Waals surface area contributed by atoms with E-state index in [1.165, 1.54) is 11.3 Å². The molecule has 0 saturated carbocycles. The molecule has 3 rings (SSSR count). The van der Waals surface area contributed by atoms with Crippen molar-refractivity contribution in [2.45, 2.75) is 25.3 Å². The van der Waals surface area contributed by atoms with E-state index in [9.17, 15) is 4.79 Å². The zero-order valence-corrected chi connectivity index (χ0v) is 9.67. The van der Waals surface area contributed by atoms with Gasteiger partial charge in [-0.25, -0.2) is 0 Å². The van der Waals surface area contributed by atoms with Crippen LogP contribution in [0.3, 0.4) is 0 Å². The average Bonchev–Trinajstić information content (AvgIpc) is 2.40. The molecule has 0 bridgehead atoms. The van der Waals surface area contributed by atoms with Crippen LogP contribution >= 0.6 is 0 Å². The second-order valence-corrected chi connectivity index (χ2v) is 4.61. The van der Waals surface area contributed by atoms with Crippen LogP contribution in [0.1, 0.15) is 23.6 Å². The normalized spacial score (nSPS) is 18.7. The first-order chi connectivity index (χ1) is 8.34. The second-order valence-electron chi connectivity index (χ2n) is 4.61. The fourth-order valence-corrected chi connectivity index (χ4v) is 2.62. The maximum Gasteiger partial charge on any atom is 0.250 e. The molecule has 0 fully saturated rings. The molecule has 1 atom stereocenters. The highest BCUT2D eigenvalue weighted by molar-refractivity contribution is 5.22. The molecule has 0 spiro atoms. The van der Waals surface area contributed by atoms with Crippen LogP contribution in [0.5, 0.6) is 0 Å². The van der Waals surface area contributed by atoms with E-state index in [-0.39, 0.29) is 5.56 Å². The predicted molar refractivity (Wildman–Crippen MR) is 68.2 cm³/mol. The van der Waals surface area contributed by atoms with E-state index in [1.54, 1.807) is 6.07 Å². The van der Waals surface area contributed by atoms with Crippen LogP contribution in [0, 0.1) is 0 Å². The molecule has 0 radical (unpaired) electrons. The van der Waals surface area contributed by atoms with Gasteiger partial charge in [0.1, 0.15) is 0 Å². The smallest absolute Gasteiger partial charge is 0.250 e. The summed E-state index contributed by atoms with van der Waals surface area (Å²) in [7, 11) is 0. The van der Waals surface area contributed by atoms with Gasteiger partial charge in [-0.15, -0.1) is 0 Å². The first kappa shape index (κ1) is 10.3. The third-order valence-corrected chi connectivity index (χ3v) is 3.56. The largest absolute Gasteiger partial charge is 0.312 e. The van der Waals surface area contributed by atoms with Gasteiger partial charge in [-0.2, -0.15) is 0 Å². The van der Waals surface area contributed by atoms with Gasteiger partial charge in [0.25, 0.3) is 5.56 Å². The van der Waals surface area contributed by atoms with Gasteiger partial charge < -0.3 is 4.57 Å². The zero-order chi connectivity index (χ0) is 11.7. The summed E-state index contributed by atoms with van der Waals surface area (Å²) in [5, 5.41) is 0. The van der Waals surface area contributed by atoms with Gasteiger partial charge in [0, 0.05) is 24.2 Å². The Morgan fingerprint density at radius 3 is 2.65 bits per heavy atom. The molecule has 0 amide bonds. The van der Waals surface area contributed by atoms with Crippen LogP contribution in [0.4, 0.5) is 0 Å². The van der Waals surface area contributed by atoms with Crippen molar-refractivity contribution in [3.8, 4) is 0 Å². The molecule has 1 aromatic heterocycles. The summed E-state index contributed by atoms with van der Waals surface area (Å²) in [6.07, 6.45) is 2.13. The molecule has 1 aromatic carbocycles. The summed E-state index contributed by atoms with van der Waals surface area (Å²) >= 11 is 0. The Morgan fingerprint density at radius 2 is 1.82 bits per heavy atom. The van der Waals surface area contributed by atoms with Crippen LogP contribution in [-0.2, 0) is 13.0 Å². The number of nitrogens with zero attached hydrogens (tertiary/aromatic N) is 1. The first-order valence-electron chi connectivity index (χ1n) is 6.08. The van der Waals surface area contributed by atoms with E-state index >= 15 is 0 Å². The number of aromatic nitrogens is 1. The fraction of sp³-hybridized carbons (Fsp3) is 0.267. The molecule has 2 nitrogen and oxygen atoms in total. The number of benzene rings is 1. The Bertz CT molecular complexity index is 571. The van der Waals surface area contributed by atoms with Crippen LogP contribution < -0.4 is 5.56 Å². The Kier molecular flexibility index (Phi) is 2.56. The molecule has 1 unspecified atom stereocenters. The minimum Gasteiger partial charge on any atom is -0.312 e. The molecule has 2 aromatic rings. The monoisotopic (exact) mass is 225 g/mol. The lowest BCUT2D eigenvalue weighted by Crippen LogP contribution is -2.29. The number of fused-ring (bicyclic) bond motifs is 1. The van der Waals surface area contributed by atoms with E-state index in [1.807, 2.05) is 16.7 Å². The minimum absolute atomic E-state index is 0.128. The lowest BCUT2D eigenvalue weighted by molar-refractivity contribution is 0.449. The quantitative estimate of drug-likeness (QED) is 0.731. The second kappa shape index (κ2) is 4.21. The number of hydrogen-bond acceptors (Lipinski definition) is 1. The van der Waals surface area contributed by atoms with Crippen molar-refractivity contribution < 1.29 is 0 Å². The van der Waals surface area contributed by atoms with Crippen molar-refractivity contribution in [1.29, 1.82) is 0 Å². The Balaban J connectivity index is 1.96. The van der Waals surface area contributed by atoms with Crippen molar-refractivity contribution >= 4 is 0 Å². The summed E-state index contributed by atoms with van der Waals surface area (Å²) in [4.78, 5) is 11.8. The van der Waals surface area contributed by atoms with Crippen LogP contribution in [0.15, 0.2) is 53.3 Å². The highest BCUT2D eigenvalue weighted by atomic mass is 16.1.